The van der Waals surface area contributed by atoms with Crippen LogP contribution >= 0.6 is 11.8 Å². The van der Waals surface area contributed by atoms with Crippen molar-refractivity contribution in [3.05, 3.63) is 36.0 Å². The highest BCUT2D eigenvalue weighted by atomic mass is 32.2. The van der Waals surface area contributed by atoms with Crippen molar-refractivity contribution in [2.45, 2.75) is 4.90 Å². The van der Waals surface area contributed by atoms with Gasteiger partial charge in [-0.3, -0.25) is 4.79 Å². The van der Waals surface area contributed by atoms with E-state index in [2.05, 4.69) is 0 Å². The van der Waals surface area contributed by atoms with Gasteiger partial charge in [0.25, 0.3) is 0 Å². The number of carbonyl (C=O) groups excluding carboxylic acids is 1. The molecule has 0 aliphatic carbocycles. The molecule has 72 valence electrons. The fraction of sp³-hybridized carbons (Fsp3) is 0.182. The highest BCUT2D eigenvalue weighted by Gasteiger charge is 2.24. The molecule has 0 atom stereocenters. The van der Waals surface area contributed by atoms with Crippen LogP contribution < -0.4 is 0 Å². The van der Waals surface area contributed by atoms with Crippen molar-refractivity contribution in [3.63, 3.8) is 0 Å². The van der Waals surface area contributed by atoms with Crippen LogP contribution in [-0.4, -0.2) is 24.1 Å². The van der Waals surface area contributed by atoms with Crippen molar-refractivity contribution in [3.8, 4) is 0 Å². The van der Waals surface area contributed by atoms with Crippen LogP contribution in [0, 0.1) is 0 Å². The van der Waals surface area contributed by atoms with Crippen LogP contribution in [0.15, 0.2) is 35.4 Å². The molecular weight excluding hydrogens is 194 g/mol. The molecule has 2 nitrogen and oxygen atoms in total. The van der Waals surface area contributed by atoms with E-state index in [1.54, 1.807) is 0 Å². The molecule has 0 radical (unpaired) electrons. The Labute approximate surface area is 87.6 Å². The monoisotopic (exact) mass is 205 g/mol. The molecule has 1 aliphatic heterocycles. The topological polar surface area (TPSA) is 20.3 Å². The standard InChI is InChI=1S/C11H11NOS/c1-12(2)7-9-8-5-3-4-6-10(8)14-11(9)13/h3-7H,1-2H3. The second kappa shape index (κ2) is 3.50. The van der Waals surface area contributed by atoms with Crippen LogP contribution in [0.4, 0.5) is 0 Å². The molecule has 0 unspecified atom stereocenters. The molecule has 3 heteroatoms. The van der Waals surface area contributed by atoms with Crippen LogP contribution in [0.1, 0.15) is 5.56 Å². The summed E-state index contributed by atoms with van der Waals surface area (Å²) in [5.74, 6) is 0. The summed E-state index contributed by atoms with van der Waals surface area (Å²) in [5.41, 5.74) is 1.85. The first-order chi connectivity index (χ1) is 6.68. The van der Waals surface area contributed by atoms with E-state index < -0.39 is 0 Å². The van der Waals surface area contributed by atoms with Gasteiger partial charge >= 0.3 is 0 Å². The van der Waals surface area contributed by atoms with E-state index in [4.69, 9.17) is 0 Å². The van der Waals surface area contributed by atoms with E-state index in [1.165, 1.54) is 11.8 Å². The second-order valence-corrected chi connectivity index (χ2v) is 4.41. The van der Waals surface area contributed by atoms with E-state index in [0.717, 1.165) is 16.0 Å². The average molecular weight is 205 g/mol. The maximum Gasteiger partial charge on any atom is 0.226 e. The Balaban J connectivity index is 2.50. The van der Waals surface area contributed by atoms with Gasteiger partial charge in [0.15, 0.2) is 0 Å². The third kappa shape index (κ3) is 1.55. The first kappa shape index (κ1) is 9.34. The molecule has 0 aromatic heterocycles. The van der Waals surface area contributed by atoms with E-state index >= 15 is 0 Å². The molecule has 1 aliphatic rings. The molecule has 0 amide bonds. The first-order valence-electron chi connectivity index (χ1n) is 4.38. The van der Waals surface area contributed by atoms with Crippen molar-refractivity contribution < 1.29 is 4.79 Å². The van der Waals surface area contributed by atoms with Gasteiger partial charge in [-0.25, -0.2) is 0 Å². The summed E-state index contributed by atoms with van der Waals surface area (Å²) < 4.78 is 0. The fourth-order valence-electron chi connectivity index (χ4n) is 1.42. The maximum atomic E-state index is 11.6. The number of hydrogen-bond donors (Lipinski definition) is 0. The molecule has 0 bridgehead atoms. The van der Waals surface area contributed by atoms with Gasteiger partial charge in [0, 0.05) is 30.8 Å². The van der Waals surface area contributed by atoms with Crippen LogP contribution in [0.3, 0.4) is 0 Å². The zero-order chi connectivity index (χ0) is 10.1. The largest absolute Gasteiger partial charge is 0.383 e. The summed E-state index contributed by atoms with van der Waals surface area (Å²) in [6, 6.07) is 7.89. The molecule has 0 saturated heterocycles. The quantitative estimate of drug-likeness (QED) is 0.656. The lowest BCUT2D eigenvalue weighted by atomic mass is 10.1. The summed E-state index contributed by atoms with van der Waals surface area (Å²) in [6.07, 6.45) is 1.88. The van der Waals surface area contributed by atoms with Crippen molar-refractivity contribution >= 4 is 22.5 Å². The van der Waals surface area contributed by atoms with Crippen molar-refractivity contribution in [1.29, 1.82) is 0 Å². The predicted molar refractivity (Wildman–Crippen MR) is 59.0 cm³/mol. The van der Waals surface area contributed by atoms with E-state index in [-0.39, 0.29) is 5.12 Å². The molecule has 0 saturated carbocycles. The number of thioether (sulfide) groups is 1. The second-order valence-electron chi connectivity index (χ2n) is 3.39. The van der Waals surface area contributed by atoms with E-state index in [0.29, 0.717) is 0 Å². The van der Waals surface area contributed by atoms with E-state index in [9.17, 15) is 4.79 Å². The molecule has 1 aromatic rings. The molecule has 0 N–H and O–H groups in total. The minimum atomic E-state index is 0.139. The molecule has 1 heterocycles. The summed E-state index contributed by atoms with van der Waals surface area (Å²) in [4.78, 5) is 14.6. The van der Waals surface area contributed by atoms with Gasteiger partial charge in [-0.2, -0.15) is 0 Å². The molecule has 1 aromatic carbocycles. The summed E-state index contributed by atoms with van der Waals surface area (Å²) in [5, 5.41) is 0.139. The van der Waals surface area contributed by atoms with Gasteiger partial charge in [0.05, 0.1) is 5.57 Å². The zero-order valence-electron chi connectivity index (χ0n) is 8.15. The van der Waals surface area contributed by atoms with Crippen molar-refractivity contribution in [2.24, 2.45) is 0 Å². The molecule has 0 spiro atoms. The van der Waals surface area contributed by atoms with Crippen LogP contribution in [0.5, 0.6) is 0 Å². The lowest BCUT2D eigenvalue weighted by Crippen LogP contribution is -2.04. The minimum Gasteiger partial charge on any atom is -0.383 e. The molecule has 14 heavy (non-hydrogen) atoms. The SMILES string of the molecule is CN(C)C=C1C(=O)Sc2ccccc21. The molecule has 2 rings (SSSR count). The summed E-state index contributed by atoms with van der Waals surface area (Å²) in [6.45, 7) is 0. The van der Waals surface area contributed by atoms with E-state index in [1.807, 2.05) is 49.5 Å². The zero-order valence-corrected chi connectivity index (χ0v) is 8.97. The van der Waals surface area contributed by atoms with Gasteiger partial charge < -0.3 is 4.90 Å². The first-order valence-corrected chi connectivity index (χ1v) is 5.20. The van der Waals surface area contributed by atoms with Gasteiger partial charge in [-0.1, -0.05) is 18.2 Å². The van der Waals surface area contributed by atoms with Crippen LogP contribution in [0.25, 0.3) is 5.57 Å². The normalized spacial score (nSPS) is 17.3. The van der Waals surface area contributed by atoms with Gasteiger partial charge in [0.2, 0.25) is 5.12 Å². The summed E-state index contributed by atoms with van der Waals surface area (Å²) in [7, 11) is 3.84. The van der Waals surface area contributed by atoms with Crippen LogP contribution in [0.2, 0.25) is 0 Å². The molecule has 0 fully saturated rings. The highest BCUT2D eigenvalue weighted by Crippen LogP contribution is 2.39. The van der Waals surface area contributed by atoms with Gasteiger partial charge in [0.1, 0.15) is 0 Å². The fourth-order valence-corrected chi connectivity index (χ4v) is 2.33. The third-order valence-electron chi connectivity index (χ3n) is 1.99. The Morgan fingerprint density at radius 1 is 1.29 bits per heavy atom. The number of nitrogens with zero attached hydrogens (tertiary/aromatic N) is 1. The lowest BCUT2D eigenvalue weighted by molar-refractivity contribution is -0.106. The number of rotatable bonds is 1. The van der Waals surface area contributed by atoms with Gasteiger partial charge in [-0.15, -0.1) is 0 Å². The number of hydrogen-bond acceptors (Lipinski definition) is 3. The molecular formula is C11H11NOS. The number of fused-ring (bicyclic) bond motifs is 1. The van der Waals surface area contributed by atoms with Crippen LogP contribution in [-0.2, 0) is 4.79 Å². The minimum absolute atomic E-state index is 0.139. The Morgan fingerprint density at radius 3 is 2.71 bits per heavy atom. The smallest absolute Gasteiger partial charge is 0.226 e. The highest BCUT2D eigenvalue weighted by molar-refractivity contribution is 8.15. The predicted octanol–water partition coefficient (Wildman–Crippen LogP) is 2.22. The number of benzene rings is 1. The summed E-state index contributed by atoms with van der Waals surface area (Å²) >= 11 is 1.31. The van der Waals surface area contributed by atoms with Crippen molar-refractivity contribution in [2.75, 3.05) is 14.1 Å². The Hall–Kier alpha value is -1.22. The van der Waals surface area contributed by atoms with Crippen molar-refractivity contribution in [1.82, 2.24) is 4.90 Å². The maximum absolute atomic E-state index is 11.6. The van der Waals surface area contributed by atoms with Gasteiger partial charge in [-0.05, 0) is 17.8 Å². The third-order valence-corrected chi connectivity index (χ3v) is 2.97. The Kier molecular flexibility index (Phi) is 2.33. The Bertz CT molecular complexity index is 410. The average Bonchev–Trinajstić information content (AvgIpc) is 2.43. The number of carbonyl (C=O) groups is 1. The lowest BCUT2D eigenvalue weighted by Gasteiger charge is -2.06. The Morgan fingerprint density at radius 2 is 2.00 bits per heavy atom.